The molecule has 0 unspecified atom stereocenters. The third-order valence-corrected chi connectivity index (χ3v) is 11.3. The highest BCUT2D eigenvalue weighted by Crippen LogP contribution is 2.43. The second kappa shape index (κ2) is 12.8. The van der Waals surface area contributed by atoms with Gasteiger partial charge in [-0.2, -0.15) is 0 Å². The third-order valence-electron chi connectivity index (χ3n) is 10.2. The lowest BCUT2D eigenvalue weighted by molar-refractivity contribution is 1.07. The fourth-order valence-electron chi connectivity index (χ4n) is 7.61. The lowest BCUT2D eigenvalue weighted by Gasteiger charge is -2.12. The van der Waals surface area contributed by atoms with Crippen molar-refractivity contribution in [3.05, 3.63) is 188 Å². The lowest BCUT2D eigenvalue weighted by atomic mass is 9.91. The summed E-state index contributed by atoms with van der Waals surface area (Å²) in [5, 5.41) is 7.13. The summed E-state index contributed by atoms with van der Waals surface area (Å²) in [6, 6.07) is 48.9. The first-order chi connectivity index (χ1) is 29.8. The molecular weight excluding hydrogens is 687 g/mol. The Hall–Kier alpha value is -7.01. The van der Waals surface area contributed by atoms with Crippen molar-refractivity contribution in [1.82, 2.24) is 15.0 Å². The number of hydrogen-bond donors (Lipinski definition) is 0. The molecule has 0 N–H and O–H groups in total. The minimum Gasteiger partial charge on any atom is -0.208 e. The number of nitrogens with zero attached hydrogens (tertiary/aromatic N) is 3. The minimum absolute atomic E-state index is 0.0628. The fourth-order valence-corrected chi connectivity index (χ4v) is 8.64. The first-order valence-electron chi connectivity index (χ1n) is 21.0. The van der Waals surface area contributed by atoms with Crippen LogP contribution in [-0.2, 0) is 0 Å². The van der Waals surface area contributed by atoms with Gasteiger partial charge in [0.1, 0.15) is 0 Å². The molecule has 0 amide bonds. The molecule has 4 heteroatoms. The summed E-state index contributed by atoms with van der Waals surface area (Å²) >= 11 is 1.13. The molecule has 2 aromatic heterocycles. The molecule has 55 heavy (non-hydrogen) atoms. The van der Waals surface area contributed by atoms with E-state index in [9.17, 15) is 5.48 Å². The van der Waals surface area contributed by atoms with E-state index in [4.69, 9.17) is 17.7 Å². The number of thiophene rings is 1. The summed E-state index contributed by atoms with van der Waals surface area (Å²) in [6.07, 6.45) is 0. The third kappa shape index (κ3) is 5.38. The number of benzene rings is 9. The fraction of sp³-hybridized carbons (Fsp3) is 0. The zero-order chi connectivity index (χ0) is 41.5. The van der Waals surface area contributed by atoms with Crippen LogP contribution in [0.3, 0.4) is 0 Å². The molecule has 11 aromatic rings. The molecule has 0 aliphatic heterocycles. The average molecular weight is 724 g/mol. The second-order valence-corrected chi connectivity index (χ2v) is 14.5. The highest BCUT2D eigenvalue weighted by Gasteiger charge is 2.17. The molecule has 9 aromatic carbocycles. The smallest absolute Gasteiger partial charge is 0.164 e. The standard InChI is InChI=1S/C51H31N3S/c1-3-12-32(13-4-1)33-22-24-35(25-23-33)50-52-49(34-14-5-2-6-15-34)53-51(54-50)37-27-29-44-47(31-37)55-46-21-11-20-38(48(44)46)36-26-28-43-41-18-8-7-16-39(41)40-17-9-10-19-42(40)45(43)30-36/h1-31H/i11D,20D,21D,27D,29D,31D. The van der Waals surface area contributed by atoms with Gasteiger partial charge >= 0.3 is 0 Å². The zero-order valence-electron chi connectivity index (χ0n) is 35.2. The van der Waals surface area contributed by atoms with Gasteiger partial charge in [0.05, 0.1) is 8.22 Å². The summed E-state index contributed by atoms with van der Waals surface area (Å²) in [6.45, 7) is 0. The summed E-state index contributed by atoms with van der Waals surface area (Å²) in [7, 11) is 0. The number of fused-ring (bicyclic) bond motifs is 9. The highest BCUT2D eigenvalue weighted by molar-refractivity contribution is 7.26. The lowest BCUT2D eigenvalue weighted by Crippen LogP contribution is -2.00. The first-order valence-corrected chi connectivity index (χ1v) is 18.9. The normalized spacial score (nSPS) is 13.2. The van der Waals surface area contributed by atoms with Gasteiger partial charge in [-0.1, -0.05) is 170 Å². The topological polar surface area (TPSA) is 38.7 Å². The van der Waals surface area contributed by atoms with Gasteiger partial charge in [-0.15, -0.1) is 11.3 Å². The van der Waals surface area contributed by atoms with Crippen molar-refractivity contribution in [3.8, 4) is 56.4 Å². The molecule has 256 valence electrons. The van der Waals surface area contributed by atoms with Crippen LogP contribution in [0.15, 0.2) is 188 Å². The zero-order valence-corrected chi connectivity index (χ0v) is 30.0. The first kappa shape index (κ1) is 25.9. The Morgan fingerprint density at radius 1 is 0.364 bits per heavy atom. The molecule has 0 bridgehead atoms. The van der Waals surface area contributed by atoms with E-state index in [1.807, 2.05) is 127 Å². The Labute approximate surface area is 330 Å². The van der Waals surface area contributed by atoms with Crippen LogP contribution in [0.25, 0.3) is 109 Å². The van der Waals surface area contributed by atoms with Crippen LogP contribution >= 0.6 is 11.3 Å². The molecule has 11 rings (SSSR count). The van der Waals surface area contributed by atoms with Crippen molar-refractivity contribution >= 4 is 63.8 Å². The maximum absolute atomic E-state index is 9.70. The largest absolute Gasteiger partial charge is 0.208 e. The Morgan fingerprint density at radius 3 is 1.51 bits per heavy atom. The van der Waals surface area contributed by atoms with Gasteiger partial charge in [0.2, 0.25) is 0 Å². The van der Waals surface area contributed by atoms with Crippen LogP contribution < -0.4 is 0 Å². The van der Waals surface area contributed by atoms with Gasteiger partial charge in [0.25, 0.3) is 0 Å². The van der Waals surface area contributed by atoms with Crippen LogP contribution in [0.5, 0.6) is 0 Å². The predicted octanol–water partition coefficient (Wildman–Crippen LogP) is 14.0. The van der Waals surface area contributed by atoms with Crippen molar-refractivity contribution in [3.63, 3.8) is 0 Å². The molecule has 3 nitrogen and oxygen atoms in total. The van der Waals surface area contributed by atoms with Crippen LogP contribution in [0.1, 0.15) is 8.22 Å². The number of rotatable bonds is 5. The second-order valence-electron chi connectivity index (χ2n) is 13.5. The van der Waals surface area contributed by atoms with E-state index in [0.717, 1.165) is 65.9 Å². The van der Waals surface area contributed by atoms with E-state index in [1.54, 1.807) is 0 Å². The summed E-state index contributed by atoms with van der Waals surface area (Å²) in [5.74, 6) is 0.802. The van der Waals surface area contributed by atoms with Crippen molar-refractivity contribution in [2.45, 2.75) is 0 Å². The Bertz CT molecular complexity index is 3560. The minimum atomic E-state index is -0.247. The van der Waals surface area contributed by atoms with Gasteiger partial charge in [-0.3, -0.25) is 0 Å². The van der Waals surface area contributed by atoms with Gasteiger partial charge < -0.3 is 0 Å². The number of hydrogen-bond acceptors (Lipinski definition) is 4. The van der Waals surface area contributed by atoms with Gasteiger partial charge in [0.15, 0.2) is 17.5 Å². The Morgan fingerprint density at radius 2 is 0.855 bits per heavy atom. The van der Waals surface area contributed by atoms with Gasteiger partial charge in [-0.25, -0.2) is 15.0 Å². The van der Waals surface area contributed by atoms with Crippen molar-refractivity contribution < 1.29 is 8.22 Å². The van der Waals surface area contributed by atoms with E-state index < -0.39 is 0 Å². The van der Waals surface area contributed by atoms with Crippen LogP contribution in [-0.4, -0.2) is 15.0 Å². The molecule has 0 saturated heterocycles. The van der Waals surface area contributed by atoms with E-state index in [1.165, 1.54) is 0 Å². The quantitative estimate of drug-likeness (QED) is 0.166. The Balaban J connectivity index is 1.15. The van der Waals surface area contributed by atoms with E-state index in [2.05, 4.69) is 24.3 Å². The van der Waals surface area contributed by atoms with E-state index in [0.29, 0.717) is 42.9 Å². The van der Waals surface area contributed by atoms with E-state index >= 15 is 0 Å². The van der Waals surface area contributed by atoms with Gasteiger partial charge in [0, 0.05) is 36.9 Å². The van der Waals surface area contributed by atoms with Crippen molar-refractivity contribution in [2.24, 2.45) is 0 Å². The summed E-state index contributed by atoms with van der Waals surface area (Å²) < 4.78 is 56.9. The maximum atomic E-state index is 9.70. The molecule has 0 saturated carbocycles. The van der Waals surface area contributed by atoms with Gasteiger partial charge in [-0.05, 0) is 72.7 Å². The summed E-state index contributed by atoms with van der Waals surface area (Å²) in [5.41, 5.74) is 4.68. The molecule has 2 heterocycles. The molecule has 0 spiro atoms. The molecule has 0 fully saturated rings. The molecule has 0 atom stereocenters. The molecule has 0 aliphatic carbocycles. The Kier molecular flexibility index (Phi) is 6.04. The highest BCUT2D eigenvalue weighted by atomic mass is 32.1. The summed E-state index contributed by atoms with van der Waals surface area (Å²) in [4.78, 5) is 14.6. The average Bonchev–Trinajstić information content (AvgIpc) is 3.72. The van der Waals surface area contributed by atoms with Crippen molar-refractivity contribution in [2.75, 3.05) is 0 Å². The number of aromatic nitrogens is 3. The van der Waals surface area contributed by atoms with E-state index in [-0.39, 0.29) is 47.6 Å². The molecular formula is C51H31N3S. The molecule has 0 radical (unpaired) electrons. The molecule has 0 aliphatic rings. The van der Waals surface area contributed by atoms with Crippen LogP contribution in [0.4, 0.5) is 0 Å². The SMILES string of the molecule is [2H]c1c([2H])c(-c2ccc3c4ccccc4c4ccccc4c3c2)c2c(sc3c([2H])c(-c4nc(-c5ccccc5)nc(-c5ccc(-c6ccccc6)cc5)n4)c([2H])c([2H])c32)c1[2H]. The maximum Gasteiger partial charge on any atom is 0.164 e. The van der Waals surface area contributed by atoms with Crippen molar-refractivity contribution in [1.29, 1.82) is 0 Å². The van der Waals surface area contributed by atoms with Crippen LogP contribution in [0.2, 0.25) is 0 Å². The predicted molar refractivity (Wildman–Crippen MR) is 232 cm³/mol. The van der Waals surface area contributed by atoms with Crippen LogP contribution in [0, 0.1) is 0 Å². The monoisotopic (exact) mass is 723 g/mol.